The standard InChI is InChI=1S/C22H19NO6/c24-22(27-12-14-10-21(29-23-14)20-6-3-9-25-20)13-26-15-7-8-19-17(11-15)16-4-1-2-5-18(16)28-19/h3,6-11H,1-2,4-5,12-13H2. The zero-order valence-electron chi connectivity index (χ0n) is 15.7. The van der Waals surface area contributed by atoms with Gasteiger partial charge in [0.1, 0.15) is 29.4 Å². The molecule has 29 heavy (non-hydrogen) atoms. The molecule has 0 unspecified atom stereocenters. The smallest absolute Gasteiger partial charge is 0.344 e. The van der Waals surface area contributed by atoms with Crippen molar-refractivity contribution in [3.8, 4) is 17.3 Å². The van der Waals surface area contributed by atoms with E-state index in [0.717, 1.165) is 36.0 Å². The maximum absolute atomic E-state index is 12.0. The summed E-state index contributed by atoms with van der Waals surface area (Å²) in [5, 5.41) is 4.94. The number of furan rings is 2. The average molecular weight is 393 g/mol. The first-order chi connectivity index (χ1) is 14.3. The molecule has 0 N–H and O–H groups in total. The summed E-state index contributed by atoms with van der Waals surface area (Å²) in [4.78, 5) is 12.0. The van der Waals surface area contributed by atoms with Crippen LogP contribution in [-0.2, 0) is 29.0 Å². The first-order valence-electron chi connectivity index (χ1n) is 9.58. The Morgan fingerprint density at radius 3 is 2.93 bits per heavy atom. The van der Waals surface area contributed by atoms with Crippen LogP contribution in [0, 0.1) is 0 Å². The van der Waals surface area contributed by atoms with E-state index in [1.807, 2.05) is 12.1 Å². The van der Waals surface area contributed by atoms with E-state index in [9.17, 15) is 4.79 Å². The van der Waals surface area contributed by atoms with E-state index >= 15 is 0 Å². The van der Waals surface area contributed by atoms with Crippen LogP contribution in [0.5, 0.6) is 5.75 Å². The normalized spacial score (nSPS) is 13.4. The molecule has 0 atom stereocenters. The monoisotopic (exact) mass is 393 g/mol. The highest BCUT2D eigenvalue weighted by Gasteiger charge is 2.18. The maximum Gasteiger partial charge on any atom is 0.344 e. The quantitative estimate of drug-likeness (QED) is 0.439. The summed E-state index contributed by atoms with van der Waals surface area (Å²) < 4.78 is 27.2. The maximum atomic E-state index is 12.0. The van der Waals surface area contributed by atoms with Gasteiger partial charge in [-0.2, -0.15) is 0 Å². The van der Waals surface area contributed by atoms with Crippen LogP contribution in [0.2, 0.25) is 0 Å². The highest BCUT2D eigenvalue weighted by Crippen LogP contribution is 2.34. The number of fused-ring (bicyclic) bond motifs is 3. The minimum atomic E-state index is -0.484. The van der Waals surface area contributed by atoms with E-state index < -0.39 is 5.97 Å². The topological polar surface area (TPSA) is 87.8 Å². The van der Waals surface area contributed by atoms with Crippen LogP contribution in [0.4, 0.5) is 0 Å². The molecule has 0 aliphatic heterocycles. The lowest BCUT2D eigenvalue weighted by Gasteiger charge is -2.09. The van der Waals surface area contributed by atoms with Crippen molar-refractivity contribution < 1.29 is 27.6 Å². The van der Waals surface area contributed by atoms with Gasteiger partial charge in [0.05, 0.1) is 6.26 Å². The Bertz CT molecular complexity index is 1140. The van der Waals surface area contributed by atoms with E-state index in [-0.39, 0.29) is 13.2 Å². The Labute approximate surface area is 166 Å². The van der Waals surface area contributed by atoms with Gasteiger partial charge in [-0.15, -0.1) is 0 Å². The Hall–Kier alpha value is -3.48. The summed E-state index contributed by atoms with van der Waals surface area (Å²) in [7, 11) is 0. The van der Waals surface area contributed by atoms with Crippen LogP contribution in [0.3, 0.4) is 0 Å². The Balaban J connectivity index is 1.18. The molecule has 1 aromatic carbocycles. The summed E-state index contributed by atoms with van der Waals surface area (Å²) in [6.45, 7) is -0.185. The number of rotatable bonds is 6. The molecule has 0 bridgehead atoms. The fourth-order valence-corrected chi connectivity index (χ4v) is 3.58. The van der Waals surface area contributed by atoms with Gasteiger partial charge in [0.2, 0.25) is 5.76 Å². The molecule has 3 heterocycles. The first kappa shape index (κ1) is 17.6. The van der Waals surface area contributed by atoms with Crippen LogP contribution < -0.4 is 4.74 Å². The van der Waals surface area contributed by atoms with Gasteiger partial charge in [-0.3, -0.25) is 0 Å². The predicted molar refractivity (Wildman–Crippen MR) is 102 cm³/mol. The molecule has 0 saturated carbocycles. The van der Waals surface area contributed by atoms with Crippen LogP contribution in [0.15, 0.2) is 56.0 Å². The van der Waals surface area contributed by atoms with Crippen molar-refractivity contribution in [1.82, 2.24) is 5.16 Å². The van der Waals surface area contributed by atoms with E-state index in [2.05, 4.69) is 5.16 Å². The fourth-order valence-electron chi connectivity index (χ4n) is 3.58. The number of carbonyl (C=O) groups is 1. The van der Waals surface area contributed by atoms with Crippen molar-refractivity contribution >= 4 is 16.9 Å². The molecule has 7 nitrogen and oxygen atoms in total. The molecule has 148 valence electrons. The number of esters is 1. The summed E-state index contributed by atoms with van der Waals surface area (Å²) in [5.41, 5.74) is 2.62. The van der Waals surface area contributed by atoms with Crippen molar-refractivity contribution in [2.45, 2.75) is 32.3 Å². The number of ether oxygens (including phenoxy) is 2. The van der Waals surface area contributed by atoms with Gasteiger partial charge in [0.25, 0.3) is 0 Å². The number of hydrogen-bond donors (Lipinski definition) is 0. The van der Waals surface area contributed by atoms with Gasteiger partial charge in [0, 0.05) is 23.4 Å². The third-order valence-electron chi connectivity index (χ3n) is 4.99. The lowest BCUT2D eigenvalue weighted by Crippen LogP contribution is -2.14. The molecule has 0 amide bonds. The van der Waals surface area contributed by atoms with Crippen molar-refractivity contribution in [1.29, 1.82) is 0 Å². The van der Waals surface area contributed by atoms with Crippen molar-refractivity contribution in [3.05, 3.63) is 59.7 Å². The number of aryl methyl sites for hydroxylation is 2. The highest BCUT2D eigenvalue weighted by atomic mass is 16.6. The molecule has 7 heteroatoms. The van der Waals surface area contributed by atoms with Gasteiger partial charge in [-0.1, -0.05) is 5.16 Å². The SMILES string of the molecule is O=C(COc1ccc2oc3c(c2c1)CCCC3)OCc1cc(-c2ccco2)on1. The zero-order valence-corrected chi connectivity index (χ0v) is 15.7. The molecule has 4 aromatic rings. The van der Waals surface area contributed by atoms with E-state index in [1.165, 1.54) is 12.0 Å². The predicted octanol–water partition coefficient (Wildman–Crippen LogP) is 4.68. The van der Waals surface area contributed by atoms with Gasteiger partial charge in [-0.25, -0.2) is 4.79 Å². The molecule has 3 aromatic heterocycles. The molecule has 1 aliphatic carbocycles. The van der Waals surface area contributed by atoms with E-state index in [0.29, 0.717) is 23.0 Å². The molecule has 0 radical (unpaired) electrons. The number of nitrogens with zero attached hydrogens (tertiary/aromatic N) is 1. The van der Waals surface area contributed by atoms with Crippen molar-refractivity contribution in [2.24, 2.45) is 0 Å². The number of carbonyl (C=O) groups excluding carboxylic acids is 1. The zero-order chi connectivity index (χ0) is 19.6. The third-order valence-corrected chi connectivity index (χ3v) is 4.99. The Morgan fingerprint density at radius 2 is 2.03 bits per heavy atom. The van der Waals surface area contributed by atoms with E-state index in [4.69, 9.17) is 22.8 Å². The summed E-state index contributed by atoms with van der Waals surface area (Å²) in [6.07, 6.45) is 5.88. The van der Waals surface area contributed by atoms with Crippen LogP contribution in [-0.4, -0.2) is 17.7 Å². The third kappa shape index (κ3) is 3.63. The number of benzene rings is 1. The number of hydrogen-bond acceptors (Lipinski definition) is 7. The molecular formula is C22H19NO6. The lowest BCUT2D eigenvalue weighted by molar-refractivity contribution is -0.147. The summed E-state index contributed by atoms with van der Waals surface area (Å²) in [5.74, 6) is 2.25. The van der Waals surface area contributed by atoms with Crippen molar-refractivity contribution in [3.63, 3.8) is 0 Å². The average Bonchev–Trinajstić information content (AvgIpc) is 3.49. The minimum absolute atomic E-state index is 0.000670. The first-order valence-corrected chi connectivity index (χ1v) is 9.58. The van der Waals surface area contributed by atoms with Crippen molar-refractivity contribution in [2.75, 3.05) is 6.61 Å². The van der Waals surface area contributed by atoms with E-state index in [1.54, 1.807) is 30.5 Å². The molecule has 0 fully saturated rings. The fraction of sp³-hybridized carbons (Fsp3) is 0.273. The highest BCUT2D eigenvalue weighted by molar-refractivity contribution is 5.84. The van der Waals surface area contributed by atoms with Gasteiger partial charge < -0.3 is 22.8 Å². The summed E-state index contributed by atoms with van der Waals surface area (Å²) in [6, 6.07) is 10.8. The Morgan fingerprint density at radius 1 is 1.10 bits per heavy atom. The lowest BCUT2D eigenvalue weighted by atomic mass is 9.96. The summed E-state index contributed by atoms with van der Waals surface area (Å²) >= 11 is 0. The van der Waals surface area contributed by atoms with Gasteiger partial charge in [-0.05, 0) is 49.6 Å². The van der Waals surface area contributed by atoms with Gasteiger partial charge >= 0.3 is 5.97 Å². The second kappa shape index (κ2) is 7.50. The molecule has 1 aliphatic rings. The molecule has 5 rings (SSSR count). The van der Waals surface area contributed by atoms with Crippen LogP contribution in [0.25, 0.3) is 22.5 Å². The molecule has 0 spiro atoms. The largest absolute Gasteiger partial charge is 0.482 e. The van der Waals surface area contributed by atoms with Crippen LogP contribution >= 0.6 is 0 Å². The minimum Gasteiger partial charge on any atom is -0.482 e. The molecular weight excluding hydrogens is 374 g/mol. The van der Waals surface area contributed by atoms with Crippen LogP contribution in [0.1, 0.15) is 29.9 Å². The second-order valence-corrected chi connectivity index (χ2v) is 6.98. The van der Waals surface area contributed by atoms with Gasteiger partial charge in [0.15, 0.2) is 12.4 Å². The second-order valence-electron chi connectivity index (χ2n) is 6.98. The Kier molecular flexibility index (Phi) is 4.56. The molecule has 0 saturated heterocycles. The number of aromatic nitrogens is 1.